The van der Waals surface area contributed by atoms with Crippen molar-refractivity contribution in [2.75, 3.05) is 0 Å². The summed E-state index contributed by atoms with van der Waals surface area (Å²) in [6, 6.07) is 35.3. The minimum atomic E-state index is -0.253. The van der Waals surface area contributed by atoms with Gasteiger partial charge in [0.1, 0.15) is 0 Å². The van der Waals surface area contributed by atoms with E-state index in [0.29, 0.717) is 54.9 Å². The number of hydrogen-bond acceptors (Lipinski definition) is 3. The second kappa shape index (κ2) is 8.80. The molecular formula is C34H18N4O2. The van der Waals surface area contributed by atoms with Crippen molar-refractivity contribution < 1.29 is 0 Å². The maximum Gasteiger partial charge on any atom is 0.197 e. The van der Waals surface area contributed by atoms with E-state index in [1.54, 1.807) is 42.5 Å². The lowest BCUT2D eigenvalue weighted by Crippen LogP contribution is -2.14. The van der Waals surface area contributed by atoms with E-state index in [0.717, 1.165) is 11.4 Å². The average molecular weight is 515 g/mol. The average Bonchev–Trinajstić information content (AvgIpc) is 3.01. The number of nitrogens with zero attached hydrogens (tertiary/aromatic N) is 4. The van der Waals surface area contributed by atoms with E-state index < -0.39 is 0 Å². The molecule has 0 unspecified atom stereocenters. The lowest BCUT2D eigenvalue weighted by molar-refractivity contribution is 1.14. The molecule has 7 rings (SSSR count). The summed E-state index contributed by atoms with van der Waals surface area (Å²) in [5, 5.41) is 11.1. The molecule has 0 saturated carbocycles. The van der Waals surface area contributed by atoms with E-state index in [-0.39, 0.29) is 10.9 Å². The Morgan fingerprint density at radius 3 is 1.60 bits per heavy atom. The van der Waals surface area contributed by atoms with Gasteiger partial charge in [0.2, 0.25) is 0 Å². The molecule has 40 heavy (non-hydrogen) atoms. The molecule has 0 amide bonds. The van der Waals surface area contributed by atoms with Crippen LogP contribution in [0.5, 0.6) is 0 Å². The molecule has 0 atom stereocenters. The maximum atomic E-state index is 13.9. The minimum Gasteiger partial charge on any atom is -0.309 e. The number of rotatable bonds is 2. The van der Waals surface area contributed by atoms with Crippen LogP contribution in [0.1, 0.15) is 5.56 Å². The quantitative estimate of drug-likeness (QED) is 0.184. The minimum absolute atomic E-state index is 0.249. The van der Waals surface area contributed by atoms with Crippen LogP contribution in [0.3, 0.4) is 0 Å². The van der Waals surface area contributed by atoms with Crippen molar-refractivity contribution in [2.24, 2.45) is 0 Å². The second-order valence-electron chi connectivity index (χ2n) is 9.54. The standard InChI is InChI=1S/C34H18N4O2/c1-36-22-13-15-30-26(17-22)34(40)28-18-27-31(19-32(28)38(30)24-10-6-3-7-11-24)37(23-8-4-2-5-9-23)29-14-12-21(20-35)16-25(29)33(27)39/h2-19H. The summed E-state index contributed by atoms with van der Waals surface area (Å²) >= 11 is 0. The number of pyridine rings is 2. The molecule has 0 saturated heterocycles. The van der Waals surface area contributed by atoms with E-state index in [1.165, 1.54) is 0 Å². The van der Waals surface area contributed by atoms with E-state index in [1.807, 2.05) is 75.9 Å². The van der Waals surface area contributed by atoms with Crippen molar-refractivity contribution >= 4 is 49.3 Å². The summed E-state index contributed by atoms with van der Waals surface area (Å²) in [5.74, 6) is 0. The predicted molar refractivity (Wildman–Crippen MR) is 159 cm³/mol. The molecule has 0 bridgehead atoms. The molecule has 5 aromatic carbocycles. The van der Waals surface area contributed by atoms with Crippen molar-refractivity contribution in [2.45, 2.75) is 0 Å². The van der Waals surface area contributed by atoms with Gasteiger partial charge in [0, 0.05) is 32.9 Å². The van der Waals surface area contributed by atoms with Crippen LogP contribution in [0.15, 0.2) is 119 Å². The molecule has 0 fully saturated rings. The molecule has 0 aliphatic carbocycles. The van der Waals surface area contributed by atoms with Crippen molar-refractivity contribution in [3.05, 3.63) is 147 Å². The van der Waals surface area contributed by atoms with Crippen molar-refractivity contribution in [3.63, 3.8) is 0 Å². The van der Waals surface area contributed by atoms with Crippen LogP contribution in [0, 0.1) is 17.9 Å². The molecule has 0 aliphatic rings. The Morgan fingerprint density at radius 1 is 0.575 bits per heavy atom. The van der Waals surface area contributed by atoms with Gasteiger partial charge in [0.25, 0.3) is 0 Å². The van der Waals surface area contributed by atoms with Gasteiger partial charge in [0.05, 0.1) is 40.3 Å². The third-order valence-electron chi connectivity index (χ3n) is 7.32. The second-order valence-corrected chi connectivity index (χ2v) is 9.54. The van der Waals surface area contributed by atoms with Crippen molar-refractivity contribution in [1.82, 2.24) is 9.13 Å². The smallest absolute Gasteiger partial charge is 0.197 e. The van der Waals surface area contributed by atoms with E-state index in [2.05, 4.69) is 10.9 Å². The number of fused-ring (bicyclic) bond motifs is 4. The van der Waals surface area contributed by atoms with Gasteiger partial charge in [-0.3, -0.25) is 9.59 Å². The van der Waals surface area contributed by atoms with Gasteiger partial charge in [-0.05, 0) is 66.7 Å². The summed E-state index contributed by atoms with van der Waals surface area (Å²) < 4.78 is 4.00. The number of benzene rings is 5. The van der Waals surface area contributed by atoms with Crippen molar-refractivity contribution in [3.8, 4) is 17.4 Å². The summed E-state index contributed by atoms with van der Waals surface area (Å²) in [6.07, 6.45) is 0. The zero-order chi connectivity index (χ0) is 27.4. The third kappa shape index (κ3) is 3.34. The molecule has 7 aromatic rings. The normalized spacial score (nSPS) is 11.2. The molecule has 0 N–H and O–H groups in total. The summed E-state index contributed by atoms with van der Waals surface area (Å²) in [6.45, 7) is 7.47. The van der Waals surface area contributed by atoms with Crippen LogP contribution in [0.25, 0.3) is 59.8 Å². The largest absolute Gasteiger partial charge is 0.309 e. The summed E-state index contributed by atoms with van der Waals surface area (Å²) in [7, 11) is 0. The number of hydrogen-bond donors (Lipinski definition) is 0. The summed E-state index contributed by atoms with van der Waals surface area (Å²) in [5.41, 5.74) is 4.56. The summed E-state index contributed by atoms with van der Waals surface area (Å²) in [4.78, 5) is 31.4. The molecule has 2 aromatic heterocycles. The Bertz CT molecular complexity index is 2210. The molecule has 186 valence electrons. The van der Waals surface area contributed by atoms with Crippen LogP contribution >= 0.6 is 0 Å². The molecule has 6 heteroatoms. The molecule has 6 nitrogen and oxygen atoms in total. The highest BCUT2D eigenvalue weighted by atomic mass is 16.1. The highest BCUT2D eigenvalue weighted by Crippen LogP contribution is 2.31. The molecule has 0 aliphatic heterocycles. The Balaban J connectivity index is 1.77. The van der Waals surface area contributed by atoms with E-state index in [9.17, 15) is 14.9 Å². The van der Waals surface area contributed by atoms with E-state index in [4.69, 9.17) is 6.57 Å². The molecular weight excluding hydrogens is 496 g/mol. The first-order valence-corrected chi connectivity index (χ1v) is 12.6. The maximum absolute atomic E-state index is 13.9. The number of aromatic nitrogens is 2. The van der Waals surface area contributed by atoms with Gasteiger partial charge < -0.3 is 9.13 Å². The fraction of sp³-hybridized carbons (Fsp3) is 0. The predicted octanol–water partition coefficient (Wildman–Crippen LogP) is 7.02. The first kappa shape index (κ1) is 23.2. The van der Waals surface area contributed by atoms with Crippen LogP contribution in [0.4, 0.5) is 5.69 Å². The van der Waals surface area contributed by atoms with Gasteiger partial charge in [0.15, 0.2) is 16.5 Å². The monoisotopic (exact) mass is 514 g/mol. The fourth-order valence-electron chi connectivity index (χ4n) is 5.52. The Hall–Kier alpha value is -5.98. The highest BCUT2D eigenvalue weighted by molar-refractivity contribution is 6.05. The van der Waals surface area contributed by atoms with E-state index >= 15 is 0 Å². The molecule has 0 radical (unpaired) electrons. The van der Waals surface area contributed by atoms with Crippen molar-refractivity contribution in [1.29, 1.82) is 5.26 Å². The first-order valence-electron chi connectivity index (χ1n) is 12.6. The topological polar surface area (TPSA) is 72.2 Å². The van der Waals surface area contributed by atoms with Crippen LogP contribution in [-0.2, 0) is 0 Å². The lowest BCUT2D eigenvalue weighted by Gasteiger charge is -2.19. The molecule has 2 heterocycles. The van der Waals surface area contributed by atoms with Gasteiger partial charge in [-0.1, -0.05) is 42.5 Å². The first-order chi connectivity index (χ1) is 19.6. The van der Waals surface area contributed by atoms with Gasteiger partial charge in [-0.25, -0.2) is 4.85 Å². The Kier molecular flexibility index (Phi) is 5.10. The van der Waals surface area contributed by atoms with Gasteiger partial charge in [-0.2, -0.15) is 5.26 Å². The Labute approximate surface area is 227 Å². The highest BCUT2D eigenvalue weighted by Gasteiger charge is 2.19. The Morgan fingerprint density at radius 2 is 1.07 bits per heavy atom. The van der Waals surface area contributed by atoms with Crippen LogP contribution in [0.2, 0.25) is 0 Å². The fourth-order valence-corrected chi connectivity index (χ4v) is 5.52. The molecule has 0 spiro atoms. The third-order valence-corrected chi connectivity index (χ3v) is 7.32. The van der Waals surface area contributed by atoms with Gasteiger partial charge in [-0.15, -0.1) is 0 Å². The zero-order valence-electron chi connectivity index (χ0n) is 21.0. The number of para-hydroxylation sites is 2. The zero-order valence-corrected chi connectivity index (χ0v) is 21.0. The van der Waals surface area contributed by atoms with Gasteiger partial charge >= 0.3 is 0 Å². The van der Waals surface area contributed by atoms with Crippen LogP contribution in [-0.4, -0.2) is 9.13 Å². The lowest BCUT2D eigenvalue weighted by atomic mass is 10.0. The number of nitriles is 1. The SMILES string of the molecule is [C-]#[N+]c1ccc2c(c1)c(=O)c1cc3c(=O)c4cc(C#N)ccc4n(-c4ccccc4)c3cc1n2-c1ccccc1. The van der Waals surface area contributed by atoms with Crippen LogP contribution < -0.4 is 10.9 Å².